The third-order valence-electron chi connectivity index (χ3n) is 10.9. The zero-order chi connectivity index (χ0) is 41.5. The number of imide groups is 2. The van der Waals surface area contributed by atoms with Gasteiger partial charge in [0.05, 0.1) is 17.3 Å². The van der Waals surface area contributed by atoms with Crippen LogP contribution < -0.4 is 39.4 Å². The van der Waals surface area contributed by atoms with Gasteiger partial charge in [0.1, 0.15) is 17.6 Å². The minimum atomic E-state index is -0.912. The number of rotatable bonds is 13. The van der Waals surface area contributed by atoms with Crippen LogP contribution in [-0.2, 0) is 16.1 Å². The zero-order valence-electron chi connectivity index (χ0n) is 34.1. The van der Waals surface area contributed by atoms with Crippen molar-refractivity contribution in [3.05, 3.63) is 115 Å². The van der Waals surface area contributed by atoms with E-state index in [0.29, 0.717) is 17.7 Å². The molecule has 1 atom stereocenters. The first-order valence-corrected chi connectivity index (χ1v) is 19.3. The minimum Gasteiger partial charge on any atom is -0.464 e. The van der Waals surface area contributed by atoms with Gasteiger partial charge in [-0.3, -0.25) is 48.6 Å². The van der Waals surface area contributed by atoms with Gasteiger partial charge in [0, 0.05) is 68.4 Å². The number of piperidine rings is 2. The van der Waals surface area contributed by atoms with Crippen molar-refractivity contribution in [3.63, 3.8) is 0 Å². The van der Waals surface area contributed by atoms with E-state index in [4.69, 9.17) is 9.72 Å². The summed E-state index contributed by atoms with van der Waals surface area (Å²) in [6.45, 7) is 21.0. The van der Waals surface area contributed by atoms with Crippen LogP contribution in [0.5, 0.6) is 5.75 Å². The Kier molecular flexibility index (Phi) is 15.2. The fourth-order valence-corrected chi connectivity index (χ4v) is 7.49. The normalized spacial score (nSPS) is 16.9. The summed E-state index contributed by atoms with van der Waals surface area (Å²) in [5.41, 5.74) is 2.91. The Morgan fingerprint density at radius 3 is 2.34 bits per heavy atom. The molecule has 1 aromatic carbocycles. The quantitative estimate of drug-likeness (QED) is 0.0911. The molecule has 0 saturated carbocycles. The smallest absolute Gasteiger partial charge is 0.464 e. The number of aromatic nitrogens is 3. The first-order chi connectivity index (χ1) is 28.0. The largest absolute Gasteiger partial charge is 1.00 e. The standard InChI is InChI=1S/C31H40N6O2.C13H9N2O4.Li/c1-7-35(8-2)14-11-23-12-15-36(16-13-23)22-28-29(39-10-4)17-24(19-32-28)27-21-37(9-3)31(38)26-20-33-30(34(5)6)18-25(26)27;16-10-6-5-9(11(17)14-10)15-12(18)7-3-1-2-4-8(7)13(15)19;/h9-10,17-21,23H,1-4,7-8,11-16,22H2,5-6H3;1,3-4,9H,5-6H2,(H,14,16,17);/q-2;-1;+1. The van der Waals surface area contributed by atoms with Crippen LogP contribution in [0.4, 0.5) is 5.82 Å². The predicted molar refractivity (Wildman–Crippen MR) is 222 cm³/mol. The second-order valence-corrected chi connectivity index (χ2v) is 14.6. The maximum atomic E-state index is 13.0. The van der Waals surface area contributed by atoms with Crippen molar-refractivity contribution in [1.82, 2.24) is 34.6 Å². The summed E-state index contributed by atoms with van der Waals surface area (Å²) in [7, 11) is 3.85. The van der Waals surface area contributed by atoms with Gasteiger partial charge in [-0.05, 0) is 63.4 Å². The summed E-state index contributed by atoms with van der Waals surface area (Å²) >= 11 is 0. The number of carbonyl (C=O) groups is 4. The Balaban J connectivity index is 0.000000276. The van der Waals surface area contributed by atoms with Gasteiger partial charge in [0.2, 0.25) is 23.6 Å². The van der Waals surface area contributed by atoms with Crippen molar-refractivity contribution in [1.29, 1.82) is 0 Å². The number of likely N-dealkylation sites (tertiary alicyclic amines) is 1. The molecule has 0 aliphatic carbocycles. The predicted octanol–water partition coefficient (Wildman–Crippen LogP) is 1.61. The number of anilines is 1. The summed E-state index contributed by atoms with van der Waals surface area (Å²) in [5, 5.41) is 3.46. The maximum absolute atomic E-state index is 13.0. The van der Waals surface area contributed by atoms with Crippen molar-refractivity contribution in [2.75, 3.05) is 51.7 Å². The number of carbonyl (C=O) groups excluding carboxylic acids is 4. The molecule has 4 amide bonds. The molecule has 1 unspecified atom stereocenters. The van der Waals surface area contributed by atoms with E-state index in [1.165, 1.54) is 54.5 Å². The summed E-state index contributed by atoms with van der Waals surface area (Å²) < 4.78 is 7.33. The second kappa shape index (κ2) is 20.0. The number of hydrogen-bond acceptors (Lipinski definition) is 11. The van der Waals surface area contributed by atoms with Crippen LogP contribution >= 0.6 is 0 Å². The molecule has 6 heterocycles. The molecule has 4 aromatic rings. The van der Waals surface area contributed by atoms with E-state index in [-0.39, 0.29) is 54.3 Å². The van der Waals surface area contributed by atoms with Crippen LogP contribution in [0, 0.1) is 25.8 Å². The Bertz CT molecular complexity index is 2250. The molecule has 7 rings (SSSR count). The van der Waals surface area contributed by atoms with Crippen molar-refractivity contribution >= 4 is 46.4 Å². The van der Waals surface area contributed by atoms with Crippen molar-refractivity contribution < 1.29 is 42.8 Å². The van der Waals surface area contributed by atoms with Gasteiger partial charge in [-0.25, -0.2) is 4.98 Å². The first-order valence-electron chi connectivity index (χ1n) is 19.3. The van der Waals surface area contributed by atoms with E-state index in [1.54, 1.807) is 12.4 Å². The number of nitrogens with one attached hydrogen (secondary N) is 1. The first kappa shape index (κ1) is 44.7. The SMILES string of the molecule is C=COc1cc(-c2cn(C=C)c(=O)c3cnc(N(C)C)cc23)cnc1CN1CCC(CCN(C[CH2-])C[CH2-])CC1.O=C1CCC(N2C(=O)c3c[c-]ccc3C2=O)C(=O)N1.[Li+]. The molecule has 1 N–H and O–H groups in total. The summed E-state index contributed by atoms with van der Waals surface area (Å²) in [6, 6.07) is 10.2. The van der Waals surface area contributed by atoms with Gasteiger partial charge < -0.3 is 28.4 Å². The van der Waals surface area contributed by atoms with Crippen molar-refractivity contribution in [3.8, 4) is 16.9 Å². The van der Waals surface area contributed by atoms with Crippen LogP contribution in [0.2, 0.25) is 0 Å². The molecule has 0 spiro atoms. The third kappa shape index (κ3) is 9.91. The number of nitrogens with zero attached hydrogens (tertiary/aromatic N) is 7. The molecule has 0 radical (unpaired) electrons. The molecule has 15 heteroatoms. The number of benzene rings is 1. The Morgan fingerprint density at radius 1 is 0.966 bits per heavy atom. The van der Waals surface area contributed by atoms with Crippen molar-refractivity contribution in [2.24, 2.45) is 5.92 Å². The van der Waals surface area contributed by atoms with E-state index < -0.39 is 23.8 Å². The summed E-state index contributed by atoms with van der Waals surface area (Å²) in [6.07, 6.45) is 12.0. The Labute approximate surface area is 357 Å². The summed E-state index contributed by atoms with van der Waals surface area (Å²) in [5.74, 6) is 0.172. The van der Waals surface area contributed by atoms with Crippen LogP contribution in [0.1, 0.15) is 58.5 Å². The number of fused-ring (bicyclic) bond motifs is 2. The van der Waals surface area contributed by atoms with E-state index >= 15 is 0 Å². The Hall–Kier alpha value is -5.39. The fourth-order valence-electron chi connectivity index (χ4n) is 7.49. The van der Waals surface area contributed by atoms with Gasteiger partial charge in [0.25, 0.3) is 5.56 Å². The number of ether oxygens (including phenoxy) is 1. The average Bonchev–Trinajstić information content (AvgIpc) is 3.48. The van der Waals surface area contributed by atoms with E-state index in [2.05, 4.69) is 53.2 Å². The molecular weight excluding hydrogens is 743 g/mol. The molecular formula is C44H49LiN8O6-2. The minimum absolute atomic E-state index is 0. The molecule has 3 aromatic heterocycles. The van der Waals surface area contributed by atoms with Gasteiger partial charge in [0.15, 0.2) is 0 Å². The van der Waals surface area contributed by atoms with Gasteiger partial charge in [-0.15, -0.1) is 13.1 Å². The van der Waals surface area contributed by atoms with E-state index in [1.807, 2.05) is 37.3 Å². The van der Waals surface area contributed by atoms with Gasteiger partial charge in [-0.2, -0.15) is 24.3 Å². The third-order valence-corrected chi connectivity index (χ3v) is 10.9. The van der Waals surface area contributed by atoms with Gasteiger partial charge >= 0.3 is 18.9 Å². The van der Waals surface area contributed by atoms with Crippen LogP contribution in [0.25, 0.3) is 28.1 Å². The Morgan fingerprint density at radius 2 is 1.69 bits per heavy atom. The molecule has 3 aliphatic rings. The molecule has 14 nitrogen and oxygen atoms in total. The zero-order valence-corrected chi connectivity index (χ0v) is 34.1. The molecule has 304 valence electrons. The second-order valence-electron chi connectivity index (χ2n) is 14.6. The van der Waals surface area contributed by atoms with Gasteiger partial charge in [-0.1, -0.05) is 24.3 Å². The fraction of sp³-hybridized carbons (Fsp3) is 0.341. The topological polar surface area (TPSA) is 150 Å². The monoisotopic (exact) mass is 792 g/mol. The number of pyridine rings is 3. The van der Waals surface area contributed by atoms with Crippen LogP contribution in [-0.4, -0.2) is 106 Å². The molecule has 3 aliphatic heterocycles. The summed E-state index contributed by atoms with van der Waals surface area (Å²) in [4.78, 5) is 77.0. The molecule has 2 saturated heterocycles. The van der Waals surface area contributed by atoms with Crippen LogP contribution in [0.3, 0.4) is 0 Å². The number of amides is 4. The molecule has 2 fully saturated rings. The maximum Gasteiger partial charge on any atom is 1.00 e. The number of hydrogen-bond donors (Lipinski definition) is 1. The van der Waals surface area contributed by atoms with E-state index in [9.17, 15) is 24.0 Å². The van der Waals surface area contributed by atoms with Crippen LogP contribution in [0.15, 0.2) is 73.1 Å². The molecule has 0 bridgehead atoms. The van der Waals surface area contributed by atoms with E-state index in [0.717, 1.165) is 71.6 Å². The average molecular weight is 793 g/mol. The van der Waals surface area contributed by atoms with Crippen molar-refractivity contribution in [2.45, 2.75) is 44.7 Å². The molecule has 59 heavy (non-hydrogen) atoms.